The molecule has 13 N–H and O–H groups in total. The molecule has 2 fully saturated rings. The van der Waals surface area contributed by atoms with Gasteiger partial charge >= 0.3 is 23.5 Å². The number of halogens is 1. The highest BCUT2D eigenvalue weighted by molar-refractivity contribution is 7.66. The molecule has 5 aromatic rings. The second-order valence-electron chi connectivity index (χ2n) is 13.3. The molecular weight excluding hydrogens is 907 g/mol. The van der Waals surface area contributed by atoms with Crippen molar-refractivity contribution in [1.29, 1.82) is 0 Å². The zero-order valence-electron chi connectivity index (χ0n) is 30.6. The zero-order chi connectivity index (χ0) is 44.2. The number of aromatic nitrogens is 7. The summed E-state index contributed by atoms with van der Waals surface area (Å²) in [4.78, 5) is 71.9. The van der Waals surface area contributed by atoms with Gasteiger partial charge in [-0.2, -0.15) is 13.6 Å². The van der Waals surface area contributed by atoms with Crippen LogP contribution in [0.3, 0.4) is 0 Å². The predicted octanol–water partition coefficient (Wildman–Crippen LogP) is -1.10. The van der Waals surface area contributed by atoms with Crippen LogP contribution in [-0.4, -0.2) is 126 Å². The third-order valence-corrected chi connectivity index (χ3v) is 13.6. The van der Waals surface area contributed by atoms with E-state index in [4.69, 9.17) is 37.3 Å². The van der Waals surface area contributed by atoms with E-state index in [0.29, 0.717) is 10.8 Å². The summed E-state index contributed by atoms with van der Waals surface area (Å²) in [6.45, 7) is -2.11. The molecule has 0 aliphatic carbocycles. The molecule has 11 atom stereocenters. The van der Waals surface area contributed by atoms with E-state index in [0.717, 1.165) is 10.9 Å². The highest BCUT2D eigenvalue weighted by Crippen LogP contribution is 2.68. The van der Waals surface area contributed by atoms with Gasteiger partial charge < -0.3 is 65.4 Å². The molecule has 4 aromatic heterocycles. The Morgan fingerprint density at radius 2 is 1.38 bits per heavy atom. The van der Waals surface area contributed by atoms with Gasteiger partial charge in [-0.25, -0.2) is 23.7 Å². The number of phosphoric acid groups is 3. The molecule has 6 heterocycles. The lowest BCUT2D eigenvalue weighted by Gasteiger charge is -2.21. The lowest BCUT2D eigenvalue weighted by atomic mass is 10.0. The zero-order valence-corrected chi connectivity index (χ0v) is 34.0. The highest BCUT2D eigenvalue weighted by atomic mass is 35.5. The van der Waals surface area contributed by atoms with Gasteiger partial charge in [-0.15, -0.1) is 0 Å². The van der Waals surface area contributed by atoms with Crippen molar-refractivity contribution in [3.8, 4) is 5.75 Å². The van der Waals surface area contributed by atoms with Crippen molar-refractivity contribution < 1.29 is 80.7 Å². The van der Waals surface area contributed by atoms with Crippen LogP contribution in [0, 0.1) is 0 Å². The number of benzene rings is 1. The fourth-order valence-electron chi connectivity index (χ4n) is 6.45. The number of hydrogen-bond donors (Lipinski definition) is 11. The van der Waals surface area contributed by atoms with Crippen LogP contribution in [0.1, 0.15) is 17.9 Å². The SMILES string of the molecule is Nc1nc2c(ncn2[C@@H]2O[C@H](COP(=O)(O)OP(=O)(O)OP(=O)(O)OC[C@H]3O[C@@H](c4cn(CCOc5ccc(Cl)cc5)c5c(=O)[nH]c(N)nc45)[C@H](O)[C@@H]3O)[C@@H](O)[C@H]2O)c(=O)[nH]1. The Hall–Kier alpha value is -4.15. The van der Waals surface area contributed by atoms with Gasteiger partial charge in [0.15, 0.2) is 17.4 Å². The van der Waals surface area contributed by atoms with E-state index >= 15 is 0 Å². The molecule has 2 saturated heterocycles. The molecular formula is C29H35ClN9O19P3. The normalized spacial score (nSPS) is 27.3. The Bertz CT molecular complexity index is 2700. The molecule has 3 unspecified atom stereocenters. The number of ether oxygens (including phenoxy) is 3. The van der Waals surface area contributed by atoms with Crippen molar-refractivity contribution in [1.82, 2.24) is 34.1 Å². The Morgan fingerprint density at radius 3 is 2.03 bits per heavy atom. The predicted molar refractivity (Wildman–Crippen MR) is 203 cm³/mol. The van der Waals surface area contributed by atoms with E-state index < -0.39 is 96.8 Å². The van der Waals surface area contributed by atoms with Crippen LogP contribution in [0.25, 0.3) is 22.2 Å². The van der Waals surface area contributed by atoms with Crippen molar-refractivity contribution in [2.75, 3.05) is 31.3 Å². The Kier molecular flexibility index (Phi) is 12.7. The summed E-state index contributed by atoms with van der Waals surface area (Å²) in [6.07, 6.45) is -11.1. The summed E-state index contributed by atoms with van der Waals surface area (Å²) in [5.41, 5.74) is 9.58. The summed E-state index contributed by atoms with van der Waals surface area (Å²) >= 11 is 5.91. The maximum atomic E-state index is 12.9. The third-order valence-electron chi connectivity index (χ3n) is 9.13. The van der Waals surface area contributed by atoms with E-state index in [-0.39, 0.29) is 52.8 Å². The van der Waals surface area contributed by atoms with Gasteiger partial charge in [0.05, 0.1) is 26.1 Å². The quantitative estimate of drug-likeness (QED) is 0.0523. The number of anilines is 2. The highest BCUT2D eigenvalue weighted by Gasteiger charge is 2.49. The van der Waals surface area contributed by atoms with Crippen molar-refractivity contribution in [2.24, 2.45) is 0 Å². The number of H-pyrrole nitrogens is 2. The molecule has 28 nitrogen and oxygen atoms in total. The van der Waals surface area contributed by atoms with E-state index in [1.807, 2.05) is 0 Å². The van der Waals surface area contributed by atoms with Crippen LogP contribution < -0.4 is 27.3 Å². The second kappa shape index (κ2) is 17.2. The van der Waals surface area contributed by atoms with Crippen LogP contribution in [0.4, 0.5) is 11.9 Å². The minimum absolute atomic E-state index is 0.00896. The minimum Gasteiger partial charge on any atom is -0.492 e. The van der Waals surface area contributed by atoms with E-state index in [9.17, 15) is 58.4 Å². The second-order valence-corrected chi connectivity index (χ2v) is 18.4. The number of hydrogen-bond acceptors (Lipinski definition) is 21. The number of rotatable bonds is 16. The first-order valence-electron chi connectivity index (χ1n) is 17.3. The number of aliphatic hydroxyl groups excluding tert-OH is 4. The first-order valence-corrected chi connectivity index (χ1v) is 22.2. The number of nitrogens with two attached hydrogens (primary N) is 2. The van der Waals surface area contributed by atoms with Gasteiger partial charge in [0.2, 0.25) is 11.9 Å². The summed E-state index contributed by atoms with van der Waals surface area (Å²) in [7, 11) is -17.5. The standard InChI is InChI=1S/C29H35ClN9O19P3/c30-11-1-3-12(4-2-11)52-6-5-38-7-13(16-18(38)26(45)37-28(31)34-16)23-21(42)19(40)14(55-23)8-53-59(46,47)57-61(50,51)58-60(48,49)54-9-15-20(41)22(43)27(56-15)39-10-33-17-24(39)35-29(32)36-25(17)44/h1-4,7,10,14-15,19-23,27,40-43H,5-6,8-9H2,(H,46,47)(H,48,49)(H,50,51)(H3,31,34,37,45)(H3,32,35,36,44)/t14-,15-,19-,20-,21-,22-,23+,27-/m1/s1. The molecule has 0 spiro atoms. The first-order chi connectivity index (χ1) is 28.6. The minimum atomic E-state index is -6.05. The van der Waals surface area contributed by atoms with Crippen LogP contribution in [-0.2, 0) is 47.4 Å². The molecule has 332 valence electrons. The van der Waals surface area contributed by atoms with Gasteiger partial charge in [-0.1, -0.05) is 11.6 Å². The van der Waals surface area contributed by atoms with Gasteiger partial charge in [0.25, 0.3) is 11.1 Å². The van der Waals surface area contributed by atoms with Crippen molar-refractivity contribution in [3.05, 3.63) is 68.1 Å². The van der Waals surface area contributed by atoms with Crippen molar-refractivity contribution >= 4 is 69.2 Å². The lowest BCUT2D eigenvalue weighted by Crippen LogP contribution is -2.33. The molecule has 1 aromatic carbocycles. The molecule has 32 heteroatoms. The smallest absolute Gasteiger partial charge is 0.490 e. The maximum Gasteiger partial charge on any atom is 0.490 e. The number of aliphatic hydroxyl groups is 4. The average Bonchev–Trinajstić information content (AvgIpc) is 3.89. The van der Waals surface area contributed by atoms with Gasteiger partial charge in [0.1, 0.15) is 66.1 Å². The Morgan fingerprint density at radius 1 is 0.787 bits per heavy atom. The number of phosphoric ester groups is 2. The van der Waals surface area contributed by atoms with E-state index in [2.05, 4.69) is 42.6 Å². The monoisotopic (exact) mass is 941 g/mol. The number of imidazole rings is 1. The molecule has 0 saturated carbocycles. The molecule has 7 rings (SSSR count). The Balaban J connectivity index is 0.952. The fraction of sp³-hybridized carbons (Fsp3) is 0.414. The van der Waals surface area contributed by atoms with Crippen LogP contribution in [0.2, 0.25) is 5.02 Å². The molecule has 0 bridgehead atoms. The third kappa shape index (κ3) is 9.75. The van der Waals surface area contributed by atoms with Gasteiger partial charge in [-0.3, -0.25) is 33.2 Å². The first kappa shape index (κ1) is 44.9. The molecule has 61 heavy (non-hydrogen) atoms. The van der Waals surface area contributed by atoms with Gasteiger partial charge in [-0.05, 0) is 24.3 Å². The van der Waals surface area contributed by atoms with Crippen molar-refractivity contribution in [2.45, 2.75) is 55.5 Å². The number of aromatic amines is 2. The summed E-state index contributed by atoms with van der Waals surface area (Å²) in [5, 5.41) is 43.3. The summed E-state index contributed by atoms with van der Waals surface area (Å²) in [5.74, 6) is -0.136. The van der Waals surface area contributed by atoms with Crippen molar-refractivity contribution in [3.63, 3.8) is 0 Å². The summed E-state index contributed by atoms with van der Waals surface area (Å²) in [6, 6.07) is 6.48. The molecule has 2 aliphatic heterocycles. The molecule has 0 amide bonds. The van der Waals surface area contributed by atoms with Crippen LogP contribution in [0.15, 0.2) is 46.4 Å². The number of nitrogens with one attached hydrogen (secondary N) is 2. The molecule has 2 aliphatic rings. The maximum absolute atomic E-state index is 12.9. The number of fused-ring (bicyclic) bond motifs is 2. The Labute approximate surface area is 344 Å². The van der Waals surface area contributed by atoms with Crippen LogP contribution >= 0.6 is 35.1 Å². The topological polar surface area (TPSA) is 424 Å². The average molecular weight is 942 g/mol. The van der Waals surface area contributed by atoms with Crippen LogP contribution in [0.5, 0.6) is 5.75 Å². The summed E-state index contributed by atoms with van der Waals surface area (Å²) < 4.78 is 74.7. The lowest BCUT2D eigenvalue weighted by molar-refractivity contribution is -0.0503. The molecule has 0 radical (unpaired) electrons. The number of nitrogen functional groups attached to an aromatic ring is 2. The number of nitrogens with zero attached hydrogens (tertiary/aromatic N) is 5. The van der Waals surface area contributed by atoms with E-state index in [1.54, 1.807) is 24.3 Å². The van der Waals surface area contributed by atoms with Gasteiger partial charge in [0, 0.05) is 16.8 Å². The fourth-order valence-corrected chi connectivity index (χ4v) is 10.1. The largest absolute Gasteiger partial charge is 0.492 e. The van der Waals surface area contributed by atoms with E-state index in [1.165, 1.54) is 10.8 Å².